The lowest BCUT2D eigenvalue weighted by Gasteiger charge is -2.04. The van der Waals surface area contributed by atoms with Gasteiger partial charge in [-0.3, -0.25) is 10.1 Å². The second kappa shape index (κ2) is 6.76. The van der Waals surface area contributed by atoms with Crippen LogP contribution in [0.5, 0.6) is 0 Å². The molecule has 1 aromatic rings. The molecule has 0 N–H and O–H groups in total. The molecule has 0 spiro atoms. The summed E-state index contributed by atoms with van der Waals surface area (Å²) in [6.07, 6.45) is 1.52. The van der Waals surface area contributed by atoms with Crippen molar-refractivity contribution in [2.75, 3.05) is 13.7 Å². The predicted molar refractivity (Wildman–Crippen MR) is 67.9 cm³/mol. The van der Waals surface area contributed by atoms with Crippen LogP contribution in [0.25, 0.3) is 6.08 Å². The Morgan fingerprint density at radius 3 is 2.72 bits per heavy atom. The SMILES string of the molecule is COC(=O)/C(=C/c1ccccc1Cl)CC[N+](=O)[O-]. The van der Waals surface area contributed by atoms with Crippen molar-refractivity contribution < 1.29 is 14.5 Å². The highest BCUT2D eigenvalue weighted by molar-refractivity contribution is 6.32. The van der Waals surface area contributed by atoms with Crippen LogP contribution in [0.3, 0.4) is 0 Å². The van der Waals surface area contributed by atoms with E-state index >= 15 is 0 Å². The number of hydrogen-bond acceptors (Lipinski definition) is 4. The summed E-state index contributed by atoms with van der Waals surface area (Å²) in [5, 5.41) is 10.8. The zero-order valence-electron chi connectivity index (χ0n) is 9.76. The number of nitro groups is 1. The van der Waals surface area contributed by atoms with Crippen LogP contribution in [0.4, 0.5) is 0 Å². The van der Waals surface area contributed by atoms with E-state index in [-0.39, 0.29) is 18.5 Å². The van der Waals surface area contributed by atoms with Crippen molar-refractivity contribution in [1.29, 1.82) is 0 Å². The Balaban J connectivity index is 2.98. The highest BCUT2D eigenvalue weighted by Gasteiger charge is 2.13. The van der Waals surface area contributed by atoms with Crippen LogP contribution < -0.4 is 0 Å². The lowest BCUT2D eigenvalue weighted by Crippen LogP contribution is -2.10. The Bertz CT molecular complexity index is 485. The zero-order valence-corrected chi connectivity index (χ0v) is 10.5. The third-order valence-electron chi connectivity index (χ3n) is 2.25. The number of esters is 1. The van der Waals surface area contributed by atoms with E-state index in [0.29, 0.717) is 10.6 Å². The number of carbonyl (C=O) groups excluding carboxylic acids is 1. The maximum absolute atomic E-state index is 11.5. The number of carbonyl (C=O) groups is 1. The molecule has 0 aliphatic heterocycles. The Morgan fingerprint density at radius 2 is 2.17 bits per heavy atom. The summed E-state index contributed by atoms with van der Waals surface area (Å²) in [6, 6.07) is 6.92. The van der Waals surface area contributed by atoms with Crippen molar-refractivity contribution in [2.24, 2.45) is 0 Å². The molecular weight excluding hydrogens is 258 g/mol. The monoisotopic (exact) mass is 269 g/mol. The lowest BCUT2D eigenvalue weighted by molar-refractivity contribution is -0.479. The fourth-order valence-corrected chi connectivity index (χ4v) is 1.55. The van der Waals surface area contributed by atoms with E-state index in [0.717, 1.165) is 0 Å². The number of nitrogens with zero attached hydrogens (tertiary/aromatic N) is 1. The van der Waals surface area contributed by atoms with Gasteiger partial charge in [0.2, 0.25) is 6.54 Å². The fourth-order valence-electron chi connectivity index (χ4n) is 1.36. The quantitative estimate of drug-likeness (QED) is 0.356. The van der Waals surface area contributed by atoms with E-state index in [4.69, 9.17) is 11.6 Å². The normalized spacial score (nSPS) is 11.1. The number of halogens is 1. The van der Waals surface area contributed by atoms with Crippen LogP contribution in [-0.4, -0.2) is 24.5 Å². The van der Waals surface area contributed by atoms with Crippen LogP contribution in [0.15, 0.2) is 29.8 Å². The Labute approximate surface area is 109 Å². The molecule has 18 heavy (non-hydrogen) atoms. The maximum atomic E-state index is 11.5. The average molecular weight is 270 g/mol. The van der Waals surface area contributed by atoms with Gasteiger partial charge in [0.1, 0.15) is 0 Å². The van der Waals surface area contributed by atoms with Gasteiger partial charge < -0.3 is 4.74 Å². The molecule has 0 bridgehead atoms. The minimum Gasteiger partial charge on any atom is -0.466 e. The van der Waals surface area contributed by atoms with E-state index in [1.807, 2.05) is 0 Å². The highest BCUT2D eigenvalue weighted by atomic mass is 35.5. The number of methoxy groups -OCH3 is 1. The summed E-state index contributed by atoms with van der Waals surface area (Å²) >= 11 is 5.95. The van der Waals surface area contributed by atoms with E-state index in [1.165, 1.54) is 13.2 Å². The van der Waals surface area contributed by atoms with Crippen molar-refractivity contribution in [3.8, 4) is 0 Å². The Hall–Kier alpha value is -1.88. The summed E-state index contributed by atoms with van der Waals surface area (Å²) < 4.78 is 4.58. The minimum atomic E-state index is -0.586. The zero-order chi connectivity index (χ0) is 13.5. The molecule has 5 nitrogen and oxygen atoms in total. The van der Waals surface area contributed by atoms with Crippen molar-refractivity contribution in [2.45, 2.75) is 6.42 Å². The van der Waals surface area contributed by atoms with Gasteiger partial charge in [0.05, 0.1) is 7.11 Å². The molecule has 0 fully saturated rings. The van der Waals surface area contributed by atoms with Gasteiger partial charge in [0.15, 0.2) is 0 Å². The molecule has 0 aliphatic rings. The summed E-state index contributed by atoms with van der Waals surface area (Å²) in [5.41, 5.74) is 0.852. The van der Waals surface area contributed by atoms with Crippen LogP contribution in [0, 0.1) is 10.1 Å². The van der Waals surface area contributed by atoms with Gasteiger partial charge in [0, 0.05) is 21.9 Å². The minimum absolute atomic E-state index is 0.00486. The van der Waals surface area contributed by atoms with Crippen molar-refractivity contribution in [3.63, 3.8) is 0 Å². The molecule has 0 unspecified atom stereocenters. The largest absolute Gasteiger partial charge is 0.466 e. The third-order valence-corrected chi connectivity index (χ3v) is 2.59. The van der Waals surface area contributed by atoms with Crippen molar-refractivity contribution in [1.82, 2.24) is 0 Å². The molecule has 0 aliphatic carbocycles. The first-order valence-corrected chi connectivity index (χ1v) is 5.57. The van der Waals surface area contributed by atoms with Gasteiger partial charge in [-0.05, 0) is 17.7 Å². The molecular formula is C12H12ClNO4. The van der Waals surface area contributed by atoms with Crippen LogP contribution in [0.1, 0.15) is 12.0 Å². The number of hydrogen-bond donors (Lipinski definition) is 0. The van der Waals surface area contributed by atoms with Crippen LogP contribution >= 0.6 is 11.6 Å². The van der Waals surface area contributed by atoms with E-state index in [1.54, 1.807) is 24.3 Å². The first-order valence-electron chi connectivity index (χ1n) is 5.20. The number of rotatable bonds is 5. The lowest BCUT2D eigenvalue weighted by atomic mass is 10.1. The van der Waals surface area contributed by atoms with Gasteiger partial charge in [-0.1, -0.05) is 29.8 Å². The molecule has 0 aromatic heterocycles. The summed E-state index contributed by atoms with van der Waals surface area (Å²) in [6.45, 7) is -0.328. The van der Waals surface area contributed by atoms with E-state index < -0.39 is 10.9 Å². The van der Waals surface area contributed by atoms with Crippen molar-refractivity contribution in [3.05, 3.63) is 50.5 Å². The summed E-state index contributed by atoms with van der Waals surface area (Å²) in [7, 11) is 1.23. The Morgan fingerprint density at radius 1 is 1.50 bits per heavy atom. The molecule has 1 aromatic carbocycles. The first kappa shape index (κ1) is 14.2. The molecule has 0 saturated carbocycles. The summed E-state index contributed by atoms with van der Waals surface area (Å²) in [5.74, 6) is -0.586. The highest BCUT2D eigenvalue weighted by Crippen LogP contribution is 2.19. The average Bonchev–Trinajstić information content (AvgIpc) is 2.35. The molecule has 0 saturated heterocycles. The second-order valence-corrected chi connectivity index (χ2v) is 3.90. The molecule has 0 radical (unpaired) electrons. The molecule has 1 rings (SSSR count). The molecule has 0 atom stereocenters. The topological polar surface area (TPSA) is 69.4 Å². The molecule has 6 heteroatoms. The smallest absolute Gasteiger partial charge is 0.333 e. The third kappa shape index (κ3) is 4.18. The second-order valence-electron chi connectivity index (χ2n) is 3.49. The first-order chi connectivity index (χ1) is 8.54. The molecule has 0 heterocycles. The van der Waals surface area contributed by atoms with Gasteiger partial charge in [-0.15, -0.1) is 0 Å². The van der Waals surface area contributed by atoms with Crippen LogP contribution in [0.2, 0.25) is 5.02 Å². The number of benzene rings is 1. The Kier molecular flexibility index (Phi) is 5.32. The van der Waals surface area contributed by atoms with Crippen LogP contribution in [-0.2, 0) is 9.53 Å². The van der Waals surface area contributed by atoms with Gasteiger partial charge in [0.25, 0.3) is 0 Å². The maximum Gasteiger partial charge on any atom is 0.333 e. The van der Waals surface area contributed by atoms with E-state index in [2.05, 4.69) is 4.74 Å². The standard InChI is InChI=1S/C12H12ClNO4/c1-18-12(15)10(6-7-14(16)17)8-9-4-2-3-5-11(9)13/h2-5,8H,6-7H2,1H3/b10-8+. The van der Waals surface area contributed by atoms with Gasteiger partial charge in [-0.2, -0.15) is 0 Å². The predicted octanol–water partition coefficient (Wildman–Crippen LogP) is 2.56. The van der Waals surface area contributed by atoms with Crippen molar-refractivity contribution >= 4 is 23.6 Å². The van der Waals surface area contributed by atoms with E-state index in [9.17, 15) is 14.9 Å². The van der Waals surface area contributed by atoms with Gasteiger partial charge in [-0.25, -0.2) is 4.79 Å². The number of ether oxygens (including phenoxy) is 1. The summed E-state index contributed by atoms with van der Waals surface area (Å²) in [4.78, 5) is 21.3. The molecule has 96 valence electrons. The molecule has 0 amide bonds. The fraction of sp³-hybridized carbons (Fsp3) is 0.250. The van der Waals surface area contributed by atoms with Gasteiger partial charge >= 0.3 is 5.97 Å².